The standard InChI is InChI=1S/C58H113NO5/c1-3-5-7-9-11-13-15-17-19-21-23-24-25-27-29-31-34-38-42-46-50-56(61)55(54-60)59-57(62)51-47-43-39-35-33-37-41-45-49-53-64-58(63)52-48-44-40-36-32-30-28-26-22-20-18-16-14-12-10-8-6-4-2/h20,22,55-56,60-61H,3-19,21,23-54H2,1-2H3,(H,59,62)/b22-20-. The Kier molecular flexibility index (Phi) is 53.0. The number of unbranched alkanes of at least 4 members (excludes halogenated alkanes) is 41. The number of amides is 1. The number of carbonyl (C=O) groups excluding carboxylic acids is 2. The number of esters is 1. The molecule has 0 saturated carbocycles. The number of hydrogen-bond acceptors (Lipinski definition) is 5. The topological polar surface area (TPSA) is 95.9 Å². The van der Waals surface area contributed by atoms with E-state index in [2.05, 4.69) is 31.3 Å². The summed E-state index contributed by atoms with van der Waals surface area (Å²) in [5, 5.41) is 23.3. The summed E-state index contributed by atoms with van der Waals surface area (Å²) in [6, 6.07) is -0.562. The molecule has 0 heterocycles. The van der Waals surface area contributed by atoms with Gasteiger partial charge in [0.1, 0.15) is 0 Å². The highest BCUT2D eigenvalue weighted by molar-refractivity contribution is 5.76. The van der Waals surface area contributed by atoms with Crippen molar-refractivity contribution in [3.05, 3.63) is 12.2 Å². The van der Waals surface area contributed by atoms with Crippen molar-refractivity contribution in [2.24, 2.45) is 0 Å². The molecule has 2 atom stereocenters. The lowest BCUT2D eigenvalue weighted by Crippen LogP contribution is -2.45. The molecule has 0 bridgehead atoms. The molecule has 0 aromatic rings. The van der Waals surface area contributed by atoms with E-state index in [9.17, 15) is 19.8 Å². The third-order valence-electron chi connectivity index (χ3n) is 13.6. The molecule has 0 rings (SSSR count). The number of allylic oxidation sites excluding steroid dienone is 2. The molecule has 2 unspecified atom stereocenters. The fourth-order valence-corrected chi connectivity index (χ4v) is 9.11. The molecule has 64 heavy (non-hydrogen) atoms. The number of carbonyl (C=O) groups is 2. The van der Waals surface area contributed by atoms with Gasteiger partial charge in [-0.2, -0.15) is 0 Å². The molecule has 6 heteroatoms. The lowest BCUT2D eigenvalue weighted by atomic mass is 10.0. The smallest absolute Gasteiger partial charge is 0.305 e. The highest BCUT2D eigenvalue weighted by Crippen LogP contribution is 2.17. The zero-order valence-corrected chi connectivity index (χ0v) is 43.3. The summed E-state index contributed by atoms with van der Waals surface area (Å²) in [4.78, 5) is 24.6. The van der Waals surface area contributed by atoms with Crippen LogP contribution in [-0.4, -0.2) is 47.4 Å². The van der Waals surface area contributed by atoms with Crippen LogP contribution in [0.3, 0.4) is 0 Å². The number of rotatable bonds is 54. The van der Waals surface area contributed by atoms with Crippen LogP contribution in [0.4, 0.5) is 0 Å². The summed E-state index contributed by atoms with van der Waals surface area (Å²) in [5.41, 5.74) is 0. The summed E-state index contributed by atoms with van der Waals surface area (Å²) in [5.74, 6) is -0.0860. The van der Waals surface area contributed by atoms with Crippen molar-refractivity contribution in [1.82, 2.24) is 5.32 Å². The van der Waals surface area contributed by atoms with Gasteiger partial charge in [-0.1, -0.05) is 270 Å². The predicted molar refractivity (Wildman–Crippen MR) is 278 cm³/mol. The molecule has 0 saturated heterocycles. The first kappa shape index (κ1) is 62.6. The molecule has 0 fully saturated rings. The quantitative estimate of drug-likeness (QED) is 0.0321. The zero-order chi connectivity index (χ0) is 46.5. The molecule has 380 valence electrons. The van der Waals surface area contributed by atoms with E-state index in [1.807, 2.05) is 0 Å². The molecule has 6 nitrogen and oxygen atoms in total. The maximum absolute atomic E-state index is 12.5. The minimum Gasteiger partial charge on any atom is -0.466 e. The second-order valence-corrected chi connectivity index (χ2v) is 20.0. The Morgan fingerprint density at radius 2 is 0.734 bits per heavy atom. The van der Waals surface area contributed by atoms with Crippen LogP contribution in [0.2, 0.25) is 0 Å². The average Bonchev–Trinajstić information content (AvgIpc) is 3.29. The fourth-order valence-electron chi connectivity index (χ4n) is 9.11. The van der Waals surface area contributed by atoms with Crippen LogP contribution in [0.1, 0.15) is 322 Å². The molecule has 0 aliphatic carbocycles. The van der Waals surface area contributed by atoms with E-state index >= 15 is 0 Å². The number of hydrogen-bond donors (Lipinski definition) is 3. The van der Waals surface area contributed by atoms with E-state index < -0.39 is 12.1 Å². The predicted octanol–water partition coefficient (Wildman–Crippen LogP) is 17.7. The Labute approximate surface area is 399 Å². The normalized spacial score (nSPS) is 12.6. The van der Waals surface area contributed by atoms with Crippen molar-refractivity contribution < 1.29 is 24.5 Å². The second kappa shape index (κ2) is 54.2. The monoisotopic (exact) mass is 904 g/mol. The van der Waals surface area contributed by atoms with Gasteiger partial charge in [0.15, 0.2) is 0 Å². The zero-order valence-electron chi connectivity index (χ0n) is 43.3. The highest BCUT2D eigenvalue weighted by atomic mass is 16.5. The summed E-state index contributed by atoms with van der Waals surface area (Å²) in [7, 11) is 0. The molecule has 0 aliphatic rings. The Bertz CT molecular complexity index is 955. The van der Waals surface area contributed by atoms with E-state index in [0.29, 0.717) is 25.9 Å². The van der Waals surface area contributed by atoms with Gasteiger partial charge in [-0.3, -0.25) is 9.59 Å². The summed E-state index contributed by atoms with van der Waals surface area (Å²) in [6.07, 6.45) is 63.4. The van der Waals surface area contributed by atoms with Gasteiger partial charge < -0.3 is 20.3 Å². The van der Waals surface area contributed by atoms with Crippen LogP contribution >= 0.6 is 0 Å². The molecule has 0 radical (unpaired) electrons. The second-order valence-electron chi connectivity index (χ2n) is 20.0. The van der Waals surface area contributed by atoms with Crippen LogP contribution in [0.25, 0.3) is 0 Å². The first-order valence-corrected chi connectivity index (χ1v) is 28.9. The average molecular weight is 905 g/mol. The maximum Gasteiger partial charge on any atom is 0.305 e. The van der Waals surface area contributed by atoms with Gasteiger partial charge in [0.05, 0.1) is 25.4 Å². The third kappa shape index (κ3) is 50.0. The number of ether oxygens (including phenoxy) is 1. The Morgan fingerprint density at radius 1 is 0.422 bits per heavy atom. The summed E-state index contributed by atoms with van der Waals surface area (Å²) < 4.78 is 5.47. The van der Waals surface area contributed by atoms with Crippen molar-refractivity contribution >= 4 is 11.9 Å². The first-order valence-electron chi connectivity index (χ1n) is 28.9. The molecular formula is C58H113NO5. The van der Waals surface area contributed by atoms with E-state index in [1.165, 1.54) is 231 Å². The van der Waals surface area contributed by atoms with Gasteiger partial charge >= 0.3 is 5.97 Å². The number of nitrogens with one attached hydrogen (secondary N) is 1. The largest absolute Gasteiger partial charge is 0.466 e. The Hall–Kier alpha value is -1.40. The minimum atomic E-state index is -0.682. The van der Waals surface area contributed by atoms with Gasteiger partial charge in [0.2, 0.25) is 5.91 Å². The molecular weight excluding hydrogens is 791 g/mol. The van der Waals surface area contributed by atoms with Gasteiger partial charge in [-0.15, -0.1) is 0 Å². The van der Waals surface area contributed by atoms with Crippen molar-refractivity contribution in [1.29, 1.82) is 0 Å². The van der Waals surface area contributed by atoms with Crippen molar-refractivity contribution in [3.8, 4) is 0 Å². The van der Waals surface area contributed by atoms with Gasteiger partial charge in [0, 0.05) is 12.8 Å². The van der Waals surface area contributed by atoms with Gasteiger partial charge in [-0.05, 0) is 51.4 Å². The van der Waals surface area contributed by atoms with E-state index in [1.54, 1.807) is 0 Å². The Morgan fingerprint density at radius 3 is 1.11 bits per heavy atom. The molecule has 0 aromatic carbocycles. The van der Waals surface area contributed by atoms with Crippen LogP contribution < -0.4 is 5.32 Å². The molecule has 0 aliphatic heterocycles. The molecule has 0 aromatic heterocycles. The highest BCUT2D eigenvalue weighted by Gasteiger charge is 2.20. The van der Waals surface area contributed by atoms with Crippen molar-refractivity contribution in [3.63, 3.8) is 0 Å². The van der Waals surface area contributed by atoms with E-state index in [4.69, 9.17) is 4.74 Å². The molecule has 3 N–H and O–H groups in total. The molecule has 1 amide bonds. The van der Waals surface area contributed by atoms with E-state index in [0.717, 1.165) is 57.8 Å². The SMILES string of the molecule is CCCCCCCCC/C=C\CCCCCCCCCC(=O)OCCCCCCCCCCCC(=O)NC(CO)C(O)CCCCCCCCCCCCCCCCCCCCCC. The number of aliphatic hydroxyl groups excluding tert-OH is 2. The fraction of sp³-hybridized carbons (Fsp3) is 0.931. The lowest BCUT2D eigenvalue weighted by molar-refractivity contribution is -0.143. The van der Waals surface area contributed by atoms with Gasteiger partial charge in [0.25, 0.3) is 0 Å². The maximum atomic E-state index is 12.5. The third-order valence-corrected chi connectivity index (χ3v) is 13.6. The lowest BCUT2D eigenvalue weighted by Gasteiger charge is -2.22. The summed E-state index contributed by atoms with van der Waals surface area (Å²) in [6.45, 7) is 4.91. The minimum absolute atomic E-state index is 0.0267. The van der Waals surface area contributed by atoms with Gasteiger partial charge in [-0.25, -0.2) is 0 Å². The van der Waals surface area contributed by atoms with E-state index in [-0.39, 0.29) is 18.5 Å². The van der Waals surface area contributed by atoms with Crippen molar-refractivity contribution in [2.45, 2.75) is 334 Å². The Balaban J connectivity index is 3.46. The first-order chi connectivity index (χ1) is 31.5. The van der Waals surface area contributed by atoms with Crippen LogP contribution in [0.5, 0.6) is 0 Å². The number of aliphatic hydroxyl groups is 2. The van der Waals surface area contributed by atoms with Crippen LogP contribution in [-0.2, 0) is 14.3 Å². The summed E-state index contributed by atoms with van der Waals surface area (Å²) >= 11 is 0. The van der Waals surface area contributed by atoms with Crippen LogP contribution in [0, 0.1) is 0 Å². The van der Waals surface area contributed by atoms with Crippen LogP contribution in [0.15, 0.2) is 12.2 Å². The van der Waals surface area contributed by atoms with Crippen molar-refractivity contribution in [2.75, 3.05) is 13.2 Å². The molecule has 0 spiro atoms.